The molecule has 0 spiro atoms. The van der Waals surface area contributed by atoms with Gasteiger partial charge in [-0.25, -0.2) is 0 Å². The van der Waals surface area contributed by atoms with Crippen molar-refractivity contribution < 1.29 is 0 Å². The molecule has 0 aliphatic heterocycles. The summed E-state index contributed by atoms with van der Waals surface area (Å²) in [6.07, 6.45) is 0. The Bertz CT molecular complexity index is 741. The van der Waals surface area contributed by atoms with E-state index in [1.54, 1.807) is 28.8 Å². The van der Waals surface area contributed by atoms with Crippen LogP contribution in [0.15, 0.2) is 34.8 Å². The van der Waals surface area contributed by atoms with Gasteiger partial charge in [-0.05, 0) is 30.3 Å². The van der Waals surface area contributed by atoms with Crippen LogP contribution in [0.3, 0.4) is 0 Å². The van der Waals surface area contributed by atoms with Crippen molar-refractivity contribution in [3.8, 4) is 11.4 Å². The second-order valence-electron chi connectivity index (χ2n) is 3.57. The van der Waals surface area contributed by atoms with Crippen molar-refractivity contribution in [2.24, 2.45) is 0 Å². The highest BCUT2D eigenvalue weighted by Gasteiger charge is 2.13. The molecular formula is C11H5BrCl2N4. The van der Waals surface area contributed by atoms with E-state index in [9.17, 15) is 0 Å². The summed E-state index contributed by atoms with van der Waals surface area (Å²) < 4.78 is 2.45. The lowest BCUT2D eigenvalue weighted by molar-refractivity contribution is 0.935. The largest absolute Gasteiger partial charge is 0.191 e. The molecule has 0 atom stereocenters. The molecule has 0 aliphatic rings. The van der Waals surface area contributed by atoms with E-state index in [2.05, 4.69) is 31.2 Å². The summed E-state index contributed by atoms with van der Waals surface area (Å²) in [5.41, 5.74) is 1.44. The highest BCUT2D eigenvalue weighted by molar-refractivity contribution is 9.10. The fraction of sp³-hybridized carbons (Fsp3) is 0. The second kappa shape index (κ2) is 4.50. The van der Waals surface area contributed by atoms with Crippen LogP contribution in [0, 0.1) is 0 Å². The van der Waals surface area contributed by atoms with Gasteiger partial charge in [0, 0.05) is 15.1 Å². The highest BCUT2D eigenvalue weighted by atomic mass is 79.9. The molecular weight excluding hydrogens is 339 g/mol. The molecule has 2 heterocycles. The van der Waals surface area contributed by atoms with Crippen LogP contribution >= 0.6 is 39.1 Å². The topological polar surface area (TPSA) is 43.1 Å². The van der Waals surface area contributed by atoms with Crippen molar-refractivity contribution in [2.75, 3.05) is 0 Å². The standard InChI is InChI=1S/C11H5BrCl2N4/c12-8-2-1-6(13)5-7(8)11-16-15-10-4-3-9(14)17-18(10)11/h1-5H. The summed E-state index contributed by atoms with van der Waals surface area (Å²) in [5, 5.41) is 13.3. The Hall–Kier alpha value is -1.17. The summed E-state index contributed by atoms with van der Waals surface area (Å²) in [6, 6.07) is 8.86. The Labute approximate surface area is 121 Å². The Morgan fingerprint density at radius 1 is 1.06 bits per heavy atom. The first-order valence-corrected chi connectivity index (χ1v) is 6.53. The zero-order valence-corrected chi connectivity index (χ0v) is 11.9. The van der Waals surface area contributed by atoms with E-state index in [4.69, 9.17) is 23.2 Å². The molecule has 0 aliphatic carbocycles. The van der Waals surface area contributed by atoms with Crippen molar-refractivity contribution in [2.45, 2.75) is 0 Å². The minimum atomic E-state index is 0.377. The maximum Gasteiger partial charge on any atom is 0.186 e. The summed E-state index contributed by atoms with van der Waals surface area (Å²) in [7, 11) is 0. The Balaban J connectivity index is 2.31. The van der Waals surface area contributed by atoms with Crippen LogP contribution < -0.4 is 0 Å². The van der Waals surface area contributed by atoms with Crippen LogP contribution in [-0.4, -0.2) is 19.8 Å². The molecule has 0 saturated heterocycles. The van der Waals surface area contributed by atoms with Gasteiger partial charge >= 0.3 is 0 Å². The lowest BCUT2D eigenvalue weighted by atomic mass is 10.2. The fourth-order valence-corrected chi connectivity index (χ4v) is 2.34. The predicted molar refractivity (Wildman–Crippen MR) is 73.9 cm³/mol. The maximum absolute atomic E-state index is 5.99. The van der Waals surface area contributed by atoms with E-state index in [-0.39, 0.29) is 0 Å². The van der Waals surface area contributed by atoms with E-state index in [1.165, 1.54) is 0 Å². The number of nitrogens with zero attached hydrogens (tertiary/aromatic N) is 4. The summed E-state index contributed by atoms with van der Waals surface area (Å²) in [4.78, 5) is 0. The lowest BCUT2D eigenvalue weighted by Crippen LogP contribution is -1.95. The summed E-state index contributed by atoms with van der Waals surface area (Å²) in [6.45, 7) is 0. The normalized spacial score (nSPS) is 11.1. The SMILES string of the molecule is Clc1ccc(Br)c(-c2nnc3ccc(Cl)nn23)c1. The van der Waals surface area contributed by atoms with Crippen LogP contribution in [0.25, 0.3) is 17.0 Å². The molecule has 0 radical (unpaired) electrons. The highest BCUT2D eigenvalue weighted by Crippen LogP contribution is 2.29. The van der Waals surface area contributed by atoms with Gasteiger partial charge in [0.1, 0.15) is 5.15 Å². The molecule has 3 rings (SSSR count). The van der Waals surface area contributed by atoms with Gasteiger partial charge in [-0.1, -0.05) is 39.1 Å². The van der Waals surface area contributed by atoms with Gasteiger partial charge in [0.2, 0.25) is 0 Å². The number of aromatic nitrogens is 4. The summed E-state index contributed by atoms with van der Waals surface area (Å²) >= 11 is 15.3. The third-order valence-electron chi connectivity index (χ3n) is 2.40. The molecule has 1 aromatic carbocycles. The third kappa shape index (κ3) is 1.98. The number of fused-ring (bicyclic) bond motifs is 1. The Morgan fingerprint density at radius 2 is 1.89 bits per heavy atom. The minimum absolute atomic E-state index is 0.377. The third-order valence-corrected chi connectivity index (χ3v) is 3.53. The molecule has 0 fully saturated rings. The molecule has 0 unspecified atom stereocenters. The van der Waals surface area contributed by atoms with Gasteiger partial charge < -0.3 is 0 Å². The maximum atomic E-state index is 5.99. The number of hydrogen-bond donors (Lipinski definition) is 0. The quantitative estimate of drug-likeness (QED) is 0.673. The van der Waals surface area contributed by atoms with E-state index in [0.29, 0.717) is 21.6 Å². The van der Waals surface area contributed by atoms with Crippen molar-refractivity contribution in [3.05, 3.63) is 45.0 Å². The van der Waals surface area contributed by atoms with Gasteiger partial charge in [-0.3, -0.25) is 0 Å². The molecule has 7 heteroatoms. The van der Waals surface area contributed by atoms with Crippen LogP contribution in [0.2, 0.25) is 10.2 Å². The average Bonchev–Trinajstić information content (AvgIpc) is 2.75. The minimum Gasteiger partial charge on any atom is -0.191 e. The number of halogens is 3. The predicted octanol–water partition coefficient (Wildman–Crippen LogP) is 3.86. The fourth-order valence-electron chi connectivity index (χ4n) is 1.60. The van der Waals surface area contributed by atoms with Gasteiger partial charge in [0.05, 0.1) is 0 Å². The molecule has 0 bridgehead atoms. The van der Waals surface area contributed by atoms with Crippen molar-refractivity contribution in [3.63, 3.8) is 0 Å². The molecule has 0 saturated carbocycles. The first-order chi connectivity index (χ1) is 8.65. The van der Waals surface area contributed by atoms with Gasteiger partial charge in [0.25, 0.3) is 0 Å². The first kappa shape index (κ1) is 11.9. The number of rotatable bonds is 1. The zero-order valence-electron chi connectivity index (χ0n) is 8.81. The first-order valence-electron chi connectivity index (χ1n) is 4.98. The van der Waals surface area contributed by atoms with Crippen LogP contribution in [0.4, 0.5) is 0 Å². The van der Waals surface area contributed by atoms with Gasteiger partial charge in [0.15, 0.2) is 11.5 Å². The molecule has 4 nitrogen and oxygen atoms in total. The smallest absolute Gasteiger partial charge is 0.186 e. The molecule has 90 valence electrons. The van der Waals surface area contributed by atoms with Crippen LogP contribution in [0.1, 0.15) is 0 Å². The van der Waals surface area contributed by atoms with Crippen LogP contribution in [0.5, 0.6) is 0 Å². The van der Waals surface area contributed by atoms with E-state index in [0.717, 1.165) is 10.0 Å². The average molecular weight is 344 g/mol. The van der Waals surface area contributed by atoms with Crippen molar-refractivity contribution >= 4 is 44.8 Å². The molecule has 18 heavy (non-hydrogen) atoms. The molecule has 0 N–H and O–H groups in total. The van der Waals surface area contributed by atoms with Gasteiger partial charge in [-0.15, -0.1) is 10.2 Å². The monoisotopic (exact) mass is 342 g/mol. The Morgan fingerprint density at radius 3 is 2.72 bits per heavy atom. The van der Waals surface area contributed by atoms with Crippen LogP contribution in [-0.2, 0) is 0 Å². The second-order valence-corrected chi connectivity index (χ2v) is 5.25. The van der Waals surface area contributed by atoms with E-state index in [1.807, 2.05) is 6.07 Å². The number of benzene rings is 1. The van der Waals surface area contributed by atoms with E-state index >= 15 is 0 Å². The van der Waals surface area contributed by atoms with Crippen molar-refractivity contribution in [1.29, 1.82) is 0 Å². The molecule has 3 aromatic rings. The summed E-state index contributed by atoms with van der Waals surface area (Å²) in [5.74, 6) is 0.585. The molecule has 0 amide bonds. The molecule has 2 aromatic heterocycles. The van der Waals surface area contributed by atoms with Gasteiger partial charge in [-0.2, -0.15) is 9.61 Å². The van der Waals surface area contributed by atoms with E-state index < -0.39 is 0 Å². The number of hydrogen-bond acceptors (Lipinski definition) is 3. The Kier molecular flexibility index (Phi) is 2.97. The zero-order chi connectivity index (χ0) is 12.7. The lowest BCUT2D eigenvalue weighted by Gasteiger charge is -2.03. The van der Waals surface area contributed by atoms with Crippen molar-refractivity contribution in [1.82, 2.24) is 19.8 Å².